The van der Waals surface area contributed by atoms with Gasteiger partial charge in [-0.2, -0.15) is 0 Å². The number of carbonyl (C=O) groups is 1. The summed E-state index contributed by atoms with van der Waals surface area (Å²) in [4.78, 5) is 14.3. The second-order valence-electron chi connectivity index (χ2n) is 5.30. The van der Waals surface area contributed by atoms with Crippen LogP contribution in [-0.2, 0) is 0 Å². The van der Waals surface area contributed by atoms with E-state index in [-0.39, 0.29) is 24.1 Å². The Kier molecular flexibility index (Phi) is 5.04. The molecule has 2 fully saturated rings. The molecule has 1 amide bonds. The van der Waals surface area contributed by atoms with E-state index in [4.69, 9.17) is 0 Å². The molecule has 20 heavy (non-hydrogen) atoms. The van der Waals surface area contributed by atoms with E-state index in [1.807, 2.05) is 4.90 Å². The maximum Gasteiger partial charge on any atom is 0.255 e. The van der Waals surface area contributed by atoms with E-state index in [1.165, 1.54) is 18.6 Å². The second-order valence-corrected chi connectivity index (χ2v) is 6.16. The molecule has 110 valence electrons. The number of fused-ring (bicyclic) bond motifs is 2. The van der Waals surface area contributed by atoms with Crippen LogP contribution in [0, 0.1) is 5.82 Å². The van der Waals surface area contributed by atoms with Gasteiger partial charge in [-0.1, -0.05) is 0 Å². The SMILES string of the molecule is Cl.O=C(c1cc(F)ccc1Br)N1CCC2CCC(C1)N2. The minimum Gasteiger partial charge on any atom is -0.337 e. The van der Waals surface area contributed by atoms with E-state index < -0.39 is 0 Å². The Balaban J connectivity index is 0.00000147. The molecule has 6 heteroatoms. The zero-order valence-corrected chi connectivity index (χ0v) is 13.3. The van der Waals surface area contributed by atoms with E-state index in [0.717, 1.165) is 25.9 Å². The van der Waals surface area contributed by atoms with Gasteiger partial charge in [0, 0.05) is 29.6 Å². The summed E-state index contributed by atoms with van der Waals surface area (Å²) < 4.78 is 14.0. The number of halogens is 3. The van der Waals surface area contributed by atoms with Crippen molar-refractivity contribution in [1.29, 1.82) is 0 Å². The Labute approximate surface area is 132 Å². The molecule has 0 aliphatic carbocycles. The van der Waals surface area contributed by atoms with Crippen LogP contribution in [-0.4, -0.2) is 36.0 Å². The van der Waals surface area contributed by atoms with Crippen LogP contribution < -0.4 is 5.32 Å². The van der Waals surface area contributed by atoms with E-state index in [0.29, 0.717) is 22.1 Å². The first-order valence-corrected chi connectivity index (χ1v) is 7.43. The number of carbonyl (C=O) groups excluding carboxylic acids is 1. The van der Waals surface area contributed by atoms with E-state index in [2.05, 4.69) is 21.2 Å². The number of hydrogen-bond acceptors (Lipinski definition) is 2. The van der Waals surface area contributed by atoms with Gasteiger partial charge < -0.3 is 10.2 Å². The van der Waals surface area contributed by atoms with Gasteiger partial charge in [0.25, 0.3) is 5.91 Å². The van der Waals surface area contributed by atoms with E-state index >= 15 is 0 Å². The molecule has 2 atom stereocenters. The standard InChI is InChI=1S/C14H16BrFN2O.ClH/c15-13-4-1-9(16)7-12(13)14(19)18-6-5-10-2-3-11(8-18)17-10;/h1,4,7,10-11,17H,2-3,5-6,8H2;1H. The average molecular weight is 364 g/mol. The van der Waals surface area contributed by atoms with Crippen LogP contribution in [0.25, 0.3) is 0 Å². The third-order valence-electron chi connectivity index (χ3n) is 3.97. The van der Waals surface area contributed by atoms with Crippen molar-refractivity contribution in [1.82, 2.24) is 10.2 Å². The number of amides is 1. The number of benzene rings is 1. The van der Waals surface area contributed by atoms with Gasteiger partial charge in [0.15, 0.2) is 0 Å². The highest BCUT2D eigenvalue weighted by Gasteiger charge is 2.31. The molecule has 2 saturated heterocycles. The highest BCUT2D eigenvalue weighted by Crippen LogP contribution is 2.24. The summed E-state index contributed by atoms with van der Waals surface area (Å²) in [5.41, 5.74) is 0.415. The van der Waals surface area contributed by atoms with Crippen molar-refractivity contribution in [2.75, 3.05) is 13.1 Å². The van der Waals surface area contributed by atoms with Crippen LogP contribution in [0.1, 0.15) is 29.6 Å². The van der Waals surface area contributed by atoms with Crippen LogP contribution in [0.2, 0.25) is 0 Å². The molecule has 3 nitrogen and oxygen atoms in total. The topological polar surface area (TPSA) is 32.3 Å². The van der Waals surface area contributed by atoms with Crippen LogP contribution in [0.3, 0.4) is 0 Å². The van der Waals surface area contributed by atoms with Crippen molar-refractivity contribution in [3.63, 3.8) is 0 Å². The monoisotopic (exact) mass is 362 g/mol. The fourth-order valence-corrected chi connectivity index (χ4v) is 3.38. The molecule has 2 unspecified atom stereocenters. The van der Waals surface area contributed by atoms with Gasteiger partial charge in [0.1, 0.15) is 5.82 Å². The Hall–Kier alpha value is -0.650. The maximum absolute atomic E-state index is 13.3. The molecule has 0 spiro atoms. The number of rotatable bonds is 1. The molecule has 2 bridgehead atoms. The smallest absolute Gasteiger partial charge is 0.255 e. The Morgan fingerprint density at radius 1 is 1.30 bits per heavy atom. The lowest BCUT2D eigenvalue weighted by Crippen LogP contribution is -2.39. The number of nitrogens with one attached hydrogen (secondary N) is 1. The van der Waals surface area contributed by atoms with Crippen molar-refractivity contribution < 1.29 is 9.18 Å². The van der Waals surface area contributed by atoms with Crippen molar-refractivity contribution in [3.05, 3.63) is 34.1 Å². The predicted octanol–water partition coefficient (Wildman–Crippen LogP) is 2.98. The molecule has 1 aromatic carbocycles. The van der Waals surface area contributed by atoms with Gasteiger partial charge >= 0.3 is 0 Å². The predicted molar refractivity (Wildman–Crippen MR) is 81.8 cm³/mol. The summed E-state index contributed by atoms with van der Waals surface area (Å²) in [6, 6.07) is 5.18. The summed E-state index contributed by atoms with van der Waals surface area (Å²) >= 11 is 3.33. The molecule has 1 aromatic rings. The molecule has 3 rings (SSSR count). The molecule has 0 aromatic heterocycles. The van der Waals surface area contributed by atoms with Crippen molar-refractivity contribution in [2.24, 2.45) is 0 Å². The van der Waals surface area contributed by atoms with Crippen molar-refractivity contribution in [3.8, 4) is 0 Å². The zero-order chi connectivity index (χ0) is 13.4. The second kappa shape index (κ2) is 6.41. The molecule has 0 saturated carbocycles. The van der Waals surface area contributed by atoms with Gasteiger partial charge in [0.05, 0.1) is 5.56 Å². The zero-order valence-electron chi connectivity index (χ0n) is 10.9. The average Bonchev–Trinajstić information content (AvgIpc) is 2.71. The van der Waals surface area contributed by atoms with Crippen molar-refractivity contribution >= 4 is 34.2 Å². The largest absolute Gasteiger partial charge is 0.337 e. The van der Waals surface area contributed by atoms with Crippen LogP contribution in [0.4, 0.5) is 4.39 Å². The fourth-order valence-electron chi connectivity index (χ4n) is 2.96. The van der Waals surface area contributed by atoms with E-state index in [1.54, 1.807) is 6.07 Å². The van der Waals surface area contributed by atoms with Crippen LogP contribution >= 0.6 is 28.3 Å². The molecule has 0 radical (unpaired) electrons. The molecule has 1 N–H and O–H groups in total. The number of nitrogens with zero attached hydrogens (tertiary/aromatic N) is 1. The van der Waals surface area contributed by atoms with E-state index in [9.17, 15) is 9.18 Å². The first-order chi connectivity index (χ1) is 9.13. The molecular weight excluding hydrogens is 347 g/mol. The fraction of sp³-hybridized carbons (Fsp3) is 0.500. The summed E-state index contributed by atoms with van der Waals surface area (Å²) in [6.07, 6.45) is 3.31. The first kappa shape index (κ1) is 15.7. The van der Waals surface area contributed by atoms with Gasteiger partial charge in [-0.15, -0.1) is 12.4 Å². The van der Waals surface area contributed by atoms with Crippen LogP contribution in [0.15, 0.2) is 22.7 Å². The minimum atomic E-state index is -0.374. The maximum atomic E-state index is 13.3. The van der Waals surface area contributed by atoms with Gasteiger partial charge in [-0.3, -0.25) is 4.79 Å². The Morgan fingerprint density at radius 2 is 2.05 bits per heavy atom. The van der Waals surface area contributed by atoms with Crippen molar-refractivity contribution in [2.45, 2.75) is 31.3 Å². The minimum absolute atomic E-state index is 0. The molecule has 2 aliphatic rings. The van der Waals surface area contributed by atoms with Gasteiger partial charge in [-0.05, 0) is 53.4 Å². The first-order valence-electron chi connectivity index (χ1n) is 6.64. The van der Waals surface area contributed by atoms with Gasteiger partial charge in [0.2, 0.25) is 0 Å². The highest BCUT2D eigenvalue weighted by atomic mass is 79.9. The normalized spacial score (nSPS) is 25.0. The number of likely N-dealkylation sites (tertiary alicyclic amines) is 1. The molecular formula is C14H17BrClFN2O. The quantitative estimate of drug-likeness (QED) is 0.832. The number of hydrogen-bond donors (Lipinski definition) is 1. The third-order valence-corrected chi connectivity index (χ3v) is 4.66. The van der Waals surface area contributed by atoms with Gasteiger partial charge in [-0.25, -0.2) is 4.39 Å². The summed E-state index contributed by atoms with van der Waals surface area (Å²) in [5, 5.41) is 3.54. The summed E-state index contributed by atoms with van der Waals surface area (Å²) in [5.74, 6) is -0.457. The molecule has 2 aliphatic heterocycles. The third kappa shape index (κ3) is 3.15. The molecule has 2 heterocycles. The lowest BCUT2D eigenvalue weighted by Gasteiger charge is -2.24. The Morgan fingerprint density at radius 3 is 2.85 bits per heavy atom. The highest BCUT2D eigenvalue weighted by molar-refractivity contribution is 9.10. The summed E-state index contributed by atoms with van der Waals surface area (Å²) in [6.45, 7) is 1.47. The lowest BCUT2D eigenvalue weighted by molar-refractivity contribution is 0.0746. The van der Waals surface area contributed by atoms with Crippen LogP contribution in [0.5, 0.6) is 0 Å². The Bertz CT molecular complexity index is 514. The lowest BCUT2D eigenvalue weighted by atomic mass is 10.1. The summed E-state index contributed by atoms with van der Waals surface area (Å²) in [7, 11) is 0.